The quantitative estimate of drug-likeness (QED) is 0.694. The first-order valence-corrected chi connectivity index (χ1v) is 7.14. The van der Waals surface area contributed by atoms with Crippen LogP contribution in [0.4, 0.5) is 0 Å². The number of aryl methyl sites for hydroxylation is 1. The van der Waals surface area contributed by atoms with Gasteiger partial charge in [0.25, 0.3) is 0 Å². The molecule has 0 spiro atoms. The largest absolute Gasteiger partial charge is 0.291 e. The van der Waals surface area contributed by atoms with Crippen molar-refractivity contribution in [1.29, 1.82) is 5.26 Å². The SMILES string of the molecule is Cc1ncsc1C(=O)C(C#N)c1cnc2ccccc2n1. The third-order valence-corrected chi connectivity index (χ3v) is 4.07. The van der Waals surface area contributed by atoms with E-state index in [0.717, 1.165) is 5.52 Å². The van der Waals surface area contributed by atoms with E-state index in [9.17, 15) is 10.1 Å². The van der Waals surface area contributed by atoms with Crippen molar-refractivity contribution in [2.45, 2.75) is 12.8 Å². The minimum atomic E-state index is -0.957. The summed E-state index contributed by atoms with van der Waals surface area (Å²) in [6.07, 6.45) is 1.49. The number of carbonyl (C=O) groups is 1. The van der Waals surface area contributed by atoms with Crippen LogP contribution in [-0.4, -0.2) is 20.7 Å². The molecule has 0 fully saturated rings. The third kappa shape index (κ3) is 2.39. The van der Waals surface area contributed by atoms with E-state index in [4.69, 9.17) is 0 Å². The standard InChI is InChI=1S/C15H10N4OS/c1-9-15(21-8-18-9)14(20)10(6-16)13-7-17-11-4-2-3-5-12(11)19-13/h2-5,7-8,10H,1H3. The molecule has 2 aromatic heterocycles. The maximum atomic E-state index is 12.5. The molecule has 21 heavy (non-hydrogen) atoms. The zero-order valence-electron chi connectivity index (χ0n) is 11.1. The topological polar surface area (TPSA) is 79.5 Å². The molecule has 0 bridgehead atoms. The summed E-state index contributed by atoms with van der Waals surface area (Å²) in [5, 5.41) is 9.36. The number of para-hydroxylation sites is 2. The Balaban J connectivity index is 2.04. The molecule has 2 heterocycles. The third-order valence-electron chi connectivity index (χ3n) is 3.12. The Kier molecular flexibility index (Phi) is 3.42. The zero-order valence-corrected chi connectivity index (χ0v) is 12.0. The van der Waals surface area contributed by atoms with Gasteiger partial charge in [0, 0.05) is 0 Å². The molecule has 3 rings (SSSR count). The fourth-order valence-electron chi connectivity index (χ4n) is 2.04. The first-order valence-electron chi connectivity index (χ1n) is 6.26. The predicted octanol–water partition coefficient (Wildman–Crippen LogP) is 2.88. The van der Waals surface area contributed by atoms with Crippen LogP contribution in [0.25, 0.3) is 11.0 Å². The molecule has 0 saturated heterocycles. The zero-order chi connectivity index (χ0) is 14.8. The van der Waals surface area contributed by atoms with Crippen LogP contribution in [0.5, 0.6) is 0 Å². The summed E-state index contributed by atoms with van der Waals surface area (Å²) in [5.74, 6) is -1.23. The van der Waals surface area contributed by atoms with E-state index in [0.29, 0.717) is 21.8 Å². The summed E-state index contributed by atoms with van der Waals surface area (Å²) < 4.78 is 0. The molecule has 1 aromatic carbocycles. The summed E-state index contributed by atoms with van der Waals surface area (Å²) in [6, 6.07) is 9.38. The number of nitrogens with zero attached hydrogens (tertiary/aromatic N) is 4. The molecule has 1 atom stereocenters. The molecular weight excluding hydrogens is 284 g/mol. The van der Waals surface area contributed by atoms with E-state index in [1.54, 1.807) is 12.4 Å². The minimum absolute atomic E-state index is 0.276. The van der Waals surface area contributed by atoms with Crippen LogP contribution in [0.3, 0.4) is 0 Å². The summed E-state index contributed by atoms with van der Waals surface area (Å²) in [5.41, 5.74) is 4.01. The van der Waals surface area contributed by atoms with Crippen LogP contribution in [-0.2, 0) is 0 Å². The molecule has 0 amide bonds. The number of benzene rings is 1. The summed E-state index contributed by atoms with van der Waals surface area (Å²) in [4.78, 5) is 25.7. The molecule has 6 heteroatoms. The van der Waals surface area contributed by atoms with Gasteiger partial charge < -0.3 is 0 Å². The minimum Gasteiger partial charge on any atom is -0.291 e. The van der Waals surface area contributed by atoms with Crippen molar-refractivity contribution < 1.29 is 4.79 Å². The van der Waals surface area contributed by atoms with Crippen LogP contribution in [0.2, 0.25) is 0 Å². The highest BCUT2D eigenvalue weighted by atomic mass is 32.1. The number of nitriles is 1. The predicted molar refractivity (Wildman–Crippen MR) is 79.1 cm³/mol. The Bertz CT molecular complexity index is 865. The lowest BCUT2D eigenvalue weighted by Gasteiger charge is -2.07. The molecule has 0 aliphatic carbocycles. The van der Waals surface area contributed by atoms with Crippen LogP contribution in [0.15, 0.2) is 36.0 Å². The Morgan fingerprint density at radius 1 is 1.29 bits per heavy atom. The number of ketones is 1. The maximum Gasteiger partial charge on any atom is 0.197 e. The Labute approximate surface area is 124 Å². The number of rotatable bonds is 3. The van der Waals surface area contributed by atoms with E-state index in [1.165, 1.54) is 17.5 Å². The van der Waals surface area contributed by atoms with Crippen molar-refractivity contribution >= 4 is 28.2 Å². The van der Waals surface area contributed by atoms with Crippen LogP contribution >= 0.6 is 11.3 Å². The van der Waals surface area contributed by atoms with Crippen molar-refractivity contribution in [3.05, 3.63) is 52.2 Å². The van der Waals surface area contributed by atoms with Gasteiger partial charge in [-0.2, -0.15) is 5.26 Å². The second-order valence-electron chi connectivity index (χ2n) is 4.48. The van der Waals surface area contributed by atoms with Crippen LogP contribution in [0, 0.1) is 18.3 Å². The number of Topliss-reactive ketones (excluding diaryl/α,β-unsaturated/α-hetero) is 1. The number of thiazole rings is 1. The van der Waals surface area contributed by atoms with Gasteiger partial charge in [0.05, 0.1) is 45.1 Å². The van der Waals surface area contributed by atoms with Gasteiger partial charge in [-0.3, -0.25) is 9.78 Å². The van der Waals surface area contributed by atoms with Crippen LogP contribution < -0.4 is 0 Å². The molecular formula is C15H10N4OS. The molecule has 5 nitrogen and oxygen atoms in total. The number of hydrogen-bond acceptors (Lipinski definition) is 6. The van der Waals surface area contributed by atoms with Gasteiger partial charge in [-0.15, -0.1) is 11.3 Å². The van der Waals surface area contributed by atoms with E-state index in [2.05, 4.69) is 15.0 Å². The fraction of sp³-hybridized carbons (Fsp3) is 0.133. The summed E-state index contributed by atoms with van der Waals surface area (Å²) in [6.45, 7) is 1.75. The second kappa shape index (κ2) is 5.38. The second-order valence-corrected chi connectivity index (χ2v) is 5.33. The molecule has 0 aliphatic rings. The van der Waals surface area contributed by atoms with Crippen molar-refractivity contribution in [1.82, 2.24) is 15.0 Å². The molecule has 3 aromatic rings. The van der Waals surface area contributed by atoms with Crippen LogP contribution in [0.1, 0.15) is 27.0 Å². The summed E-state index contributed by atoms with van der Waals surface area (Å²) >= 11 is 1.24. The van der Waals surface area contributed by atoms with Gasteiger partial charge in [0.1, 0.15) is 0 Å². The summed E-state index contributed by atoms with van der Waals surface area (Å²) in [7, 11) is 0. The average Bonchev–Trinajstić information content (AvgIpc) is 2.94. The molecule has 0 aliphatic heterocycles. The van der Waals surface area contributed by atoms with Gasteiger partial charge in [-0.05, 0) is 19.1 Å². The van der Waals surface area contributed by atoms with E-state index in [1.807, 2.05) is 30.3 Å². The fourth-order valence-corrected chi connectivity index (χ4v) is 2.81. The average molecular weight is 294 g/mol. The Morgan fingerprint density at radius 2 is 2.05 bits per heavy atom. The van der Waals surface area contributed by atoms with E-state index < -0.39 is 5.92 Å². The lowest BCUT2D eigenvalue weighted by molar-refractivity contribution is 0.0980. The number of carbonyl (C=O) groups excluding carboxylic acids is 1. The van der Waals surface area contributed by atoms with Gasteiger partial charge >= 0.3 is 0 Å². The maximum absolute atomic E-state index is 12.5. The van der Waals surface area contributed by atoms with Crippen molar-refractivity contribution in [2.75, 3.05) is 0 Å². The smallest absolute Gasteiger partial charge is 0.197 e. The molecule has 0 N–H and O–H groups in total. The Morgan fingerprint density at radius 3 is 2.71 bits per heavy atom. The molecule has 0 radical (unpaired) electrons. The van der Waals surface area contributed by atoms with Crippen molar-refractivity contribution in [2.24, 2.45) is 0 Å². The van der Waals surface area contributed by atoms with Crippen molar-refractivity contribution in [3.63, 3.8) is 0 Å². The van der Waals surface area contributed by atoms with E-state index >= 15 is 0 Å². The van der Waals surface area contributed by atoms with E-state index in [-0.39, 0.29) is 5.78 Å². The van der Waals surface area contributed by atoms with Gasteiger partial charge in [0.15, 0.2) is 11.7 Å². The van der Waals surface area contributed by atoms with Gasteiger partial charge in [-0.25, -0.2) is 9.97 Å². The molecule has 1 unspecified atom stereocenters. The number of hydrogen-bond donors (Lipinski definition) is 0. The van der Waals surface area contributed by atoms with Crippen molar-refractivity contribution in [3.8, 4) is 6.07 Å². The lowest BCUT2D eigenvalue weighted by atomic mass is 10.00. The van der Waals surface area contributed by atoms with Gasteiger partial charge in [-0.1, -0.05) is 12.1 Å². The highest BCUT2D eigenvalue weighted by Crippen LogP contribution is 2.24. The monoisotopic (exact) mass is 294 g/mol. The highest BCUT2D eigenvalue weighted by Gasteiger charge is 2.26. The first kappa shape index (κ1) is 13.3. The highest BCUT2D eigenvalue weighted by molar-refractivity contribution is 7.12. The Hall–Kier alpha value is -2.65. The normalized spacial score (nSPS) is 12.0. The number of aromatic nitrogens is 3. The number of fused-ring (bicyclic) bond motifs is 1. The first-order chi connectivity index (χ1) is 10.2. The molecule has 102 valence electrons. The van der Waals surface area contributed by atoms with Gasteiger partial charge in [0.2, 0.25) is 0 Å². The molecule has 0 saturated carbocycles. The lowest BCUT2D eigenvalue weighted by Crippen LogP contribution is -2.13.